The Bertz CT molecular complexity index is 549. The number of hydrogen-bond donors (Lipinski definition) is 0. The molecule has 2 aromatic carbocycles. The van der Waals surface area contributed by atoms with Crippen LogP contribution in [0.2, 0.25) is 0 Å². The molecule has 0 unspecified atom stereocenters. The Hall–Kier alpha value is -1.09. The number of halogens is 1. The highest BCUT2D eigenvalue weighted by Gasteiger charge is 2.20. The lowest BCUT2D eigenvalue weighted by Crippen LogP contribution is -2.04. The normalized spacial score (nSPS) is 13.7. The first-order chi connectivity index (χ1) is 9.40. The lowest BCUT2D eigenvalue weighted by molar-refractivity contribution is 0.706. The smallest absolute Gasteiger partial charge is 0.0101 e. The third kappa shape index (κ3) is 2.62. The van der Waals surface area contributed by atoms with Crippen molar-refractivity contribution in [2.45, 2.75) is 18.8 Å². The Morgan fingerprint density at radius 3 is 1.84 bits per heavy atom. The number of alkyl halides is 1. The summed E-state index contributed by atoms with van der Waals surface area (Å²) in [5, 5.41) is 0. The number of fused-ring (bicyclic) bond motifs is 2. The molecule has 0 aliphatic heterocycles. The van der Waals surface area contributed by atoms with Crippen molar-refractivity contribution in [1.29, 1.82) is 0 Å². The van der Waals surface area contributed by atoms with Crippen LogP contribution in [0, 0.1) is 0 Å². The van der Waals surface area contributed by atoms with Gasteiger partial charge in [-0.05, 0) is 39.5 Å². The van der Waals surface area contributed by atoms with Crippen LogP contribution in [0.5, 0.6) is 0 Å². The van der Waals surface area contributed by atoms with Gasteiger partial charge in [-0.15, -0.1) is 0 Å². The first kappa shape index (κ1) is 12.9. The summed E-state index contributed by atoms with van der Waals surface area (Å²) >= 11 is 2.48. The summed E-state index contributed by atoms with van der Waals surface area (Å²) in [7, 11) is 0. The molecule has 0 saturated heterocycles. The molecular formula is C18H17I. The van der Waals surface area contributed by atoms with Crippen LogP contribution in [0.3, 0.4) is 0 Å². The third-order valence-corrected chi connectivity index (χ3v) is 4.57. The van der Waals surface area contributed by atoms with Crippen molar-refractivity contribution in [2.24, 2.45) is 0 Å². The van der Waals surface area contributed by atoms with Gasteiger partial charge in [0.05, 0.1) is 0 Å². The van der Waals surface area contributed by atoms with E-state index in [0.717, 1.165) is 0 Å². The average molecular weight is 360 g/mol. The molecule has 1 aliphatic carbocycles. The van der Waals surface area contributed by atoms with Gasteiger partial charge in [0.25, 0.3) is 0 Å². The molecule has 0 spiro atoms. The topological polar surface area (TPSA) is 0 Å². The van der Waals surface area contributed by atoms with E-state index >= 15 is 0 Å². The summed E-state index contributed by atoms with van der Waals surface area (Å²) in [6.45, 7) is 0. The van der Waals surface area contributed by atoms with Crippen LogP contribution in [0.15, 0.2) is 48.5 Å². The monoisotopic (exact) mass is 360 g/mol. The lowest BCUT2D eigenvalue weighted by Gasteiger charge is -2.20. The summed E-state index contributed by atoms with van der Waals surface area (Å²) in [6, 6.07) is 17.6. The average Bonchev–Trinajstić information content (AvgIpc) is 2.62. The molecule has 2 aromatic rings. The molecule has 0 N–H and O–H groups in total. The van der Waals surface area contributed by atoms with Crippen LogP contribution in [0.1, 0.15) is 41.0 Å². The van der Waals surface area contributed by atoms with Crippen molar-refractivity contribution in [2.75, 3.05) is 4.43 Å². The maximum atomic E-state index is 2.48. The SMILES string of the molecule is ICCCC1c2ccccc2C=Cc2ccccc21. The van der Waals surface area contributed by atoms with E-state index in [-0.39, 0.29) is 0 Å². The Labute approximate surface area is 128 Å². The Morgan fingerprint density at radius 1 is 0.789 bits per heavy atom. The Balaban J connectivity index is 2.12. The van der Waals surface area contributed by atoms with E-state index in [9.17, 15) is 0 Å². The van der Waals surface area contributed by atoms with Crippen molar-refractivity contribution < 1.29 is 0 Å². The molecule has 19 heavy (non-hydrogen) atoms. The Kier molecular flexibility index (Phi) is 4.02. The molecule has 0 atom stereocenters. The summed E-state index contributed by atoms with van der Waals surface area (Å²) < 4.78 is 1.23. The highest BCUT2D eigenvalue weighted by molar-refractivity contribution is 14.1. The summed E-state index contributed by atoms with van der Waals surface area (Å²) in [6.07, 6.45) is 7.03. The quantitative estimate of drug-likeness (QED) is 0.500. The Morgan fingerprint density at radius 2 is 1.32 bits per heavy atom. The number of benzene rings is 2. The molecule has 0 heterocycles. The van der Waals surface area contributed by atoms with E-state index < -0.39 is 0 Å². The van der Waals surface area contributed by atoms with E-state index in [1.54, 1.807) is 0 Å². The lowest BCUT2D eigenvalue weighted by atomic mass is 9.85. The highest BCUT2D eigenvalue weighted by Crippen LogP contribution is 2.37. The molecule has 96 valence electrons. The number of rotatable bonds is 3. The largest absolute Gasteiger partial charge is 0.0864 e. The zero-order valence-corrected chi connectivity index (χ0v) is 13.0. The molecular weight excluding hydrogens is 343 g/mol. The highest BCUT2D eigenvalue weighted by atomic mass is 127. The van der Waals surface area contributed by atoms with Crippen LogP contribution >= 0.6 is 22.6 Å². The van der Waals surface area contributed by atoms with Crippen LogP contribution in [-0.2, 0) is 0 Å². The maximum absolute atomic E-state index is 2.48. The molecule has 0 radical (unpaired) electrons. The van der Waals surface area contributed by atoms with Gasteiger partial charge in [-0.1, -0.05) is 83.3 Å². The maximum Gasteiger partial charge on any atom is 0.0101 e. The molecule has 0 bridgehead atoms. The van der Waals surface area contributed by atoms with Gasteiger partial charge in [0.1, 0.15) is 0 Å². The van der Waals surface area contributed by atoms with Gasteiger partial charge in [0.2, 0.25) is 0 Å². The van der Waals surface area contributed by atoms with Gasteiger partial charge < -0.3 is 0 Å². The van der Waals surface area contributed by atoms with Gasteiger partial charge in [-0.2, -0.15) is 0 Å². The van der Waals surface area contributed by atoms with Gasteiger partial charge >= 0.3 is 0 Å². The van der Waals surface area contributed by atoms with E-state index in [1.807, 2.05) is 0 Å². The standard InChI is InChI=1S/C18H17I/c19-13-5-10-18-16-8-3-1-6-14(16)11-12-15-7-2-4-9-17(15)18/h1-4,6-9,11-12,18H,5,10,13H2. The van der Waals surface area contributed by atoms with Crippen molar-refractivity contribution in [1.82, 2.24) is 0 Å². The summed E-state index contributed by atoms with van der Waals surface area (Å²) in [5.74, 6) is 0.539. The van der Waals surface area contributed by atoms with Crippen molar-refractivity contribution in [3.05, 3.63) is 70.8 Å². The zero-order valence-electron chi connectivity index (χ0n) is 10.9. The van der Waals surface area contributed by atoms with Crippen LogP contribution < -0.4 is 0 Å². The molecule has 1 aliphatic rings. The number of hydrogen-bond acceptors (Lipinski definition) is 0. The minimum absolute atomic E-state index is 0.539. The van der Waals surface area contributed by atoms with E-state index in [0.29, 0.717) is 5.92 Å². The van der Waals surface area contributed by atoms with Crippen LogP contribution in [0.25, 0.3) is 12.2 Å². The van der Waals surface area contributed by atoms with Crippen LogP contribution in [0.4, 0.5) is 0 Å². The van der Waals surface area contributed by atoms with E-state index in [4.69, 9.17) is 0 Å². The fraction of sp³-hybridized carbons (Fsp3) is 0.222. The molecule has 1 heteroatoms. The van der Waals surface area contributed by atoms with Gasteiger partial charge in [-0.3, -0.25) is 0 Å². The first-order valence-electron chi connectivity index (χ1n) is 6.82. The van der Waals surface area contributed by atoms with Gasteiger partial charge in [-0.25, -0.2) is 0 Å². The first-order valence-corrected chi connectivity index (χ1v) is 8.34. The summed E-state index contributed by atoms with van der Waals surface area (Å²) in [4.78, 5) is 0. The van der Waals surface area contributed by atoms with Gasteiger partial charge in [0, 0.05) is 5.92 Å². The molecule has 0 aromatic heterocycles. The van der Waals surface area contributed by atoms with Crippen molar-refractivity contribution >= 4 is 34.7 Å². The third-order valence-electron chi connectivity index (χ3n) is 3.81. The molecule has 0 amide bonds. The van der Waals surface area contributed by atoms with E-state index in [2.05, 4.69) is 83.3 Å². The molecule has 0 fully saturated rings. The van der Waals surface area contributed by atoms with Crippen molar-refractivity contribution in [3.8, 4) is 0 Å². The zero-order chi connectivity index (χ0) is 13.1. The second-order valence-corrected chi connectivity index (χ2v) is 6.05. The molecule has 0 nitrogen and oxygen atoms in total. The summed E-state index contributed by atoms with van der Waals surface area (Å²) in [5.41, 5.74) is 5.71. The fourth-order valence-electron chi connectivity index (χ4n) is 2.90. The van der Waals surface area contributed by atoms with E-state index in [1.165, 1.54) is 39.5 Å². The fourth-order valence-corrected chi connectivity index (χ4v) is 3.34. The minimum Gasteiger partial charge on any atom is -0.0864 e. The second-order valence-electron chi connectivity index (χ2n) is 4.97. The second kappa shape index (κ2) is 5.91. The molecule has 3 rings (SSSR count). The molecule has 0 saturated carbocycles. The minimum atomic E-state index is 0.539. The predicted molar refractivity (Wildman–Crippen MR) is 91.8 cm³/mol. The van der Waals surface area contributed by atoms with Crippen LogP contribution in [-0.4, -0.2) is 4.43 Å². The van der Waals surface area contributed by atoms with Gasteiger partial charge in [0.15, 0.2) is 0 Å². The van der Waals surface area contributed by atoms with Crippen molar-refractivity contribution in [3.63, 3.8) is 0 Å². The predicted octanol–water partition coefficient (Wildman–Crippen LogP) is 5.52.